The lowest BCUT2D eigenvalue weighted by Crippen LogP contribution is -2.32. The van der Waals surface area contributed by atoms with E-state index in [1.54, 1.807) is 25.3 Å². The van der Waals surface area contributed by atoms with E-state index in [9.17, 15) is 14.7 Å². The second-order valence-electron chi connectivity index (χ2n) is 7.44. The standard InChI is InChI=1S/C23H22ClNO6S/c1-12-5-8-32-22(12)18-17(20(27)23(28)25(18)6-4-7-29-2)19(26)15-10-13-9-14(24)11-16(30-3)21(13)31-15/h5,8-11,18,27H,4,6-7H2,1-3H3. The molecule has 0 saturated carbocycles. The first-order chi connectivity index (χ1) is 15.4. The molecule has 0 saturated heterocycles. The van der Waals surface area contributed by atoms with Crippen molar-refractivity contribution in [2.24, 2.45) is 0 Å². The number of fused-ring (bicyclic) bond motifs is 1. The molecule has 168 valence electrons. The highest BCUT2D eigenvalue weighted by Gasteiger charge is 2.45. The Morgan fingerprint density at radius 1 is 1.31 bits per heavy atom. The van der Waals surface area contributed by atoms with Crippen LogP contribution in [0.1, 0.15) is 33.5 Å². The second-order valence-corrected chi connectivity index (χ2v) is 8.83. The molecular weight excluding hydrogens is 454 g/mol. The summed E-state index contributed by atoms with van der Waals surface area (Å²) >= 11 is 7.56. The lowest BCUT2D eigenvalue weighted by atomic mass is 9.98. The van der Waals surface area contributed by atoms with E-state index < -0.39 is 23.5 Å². The average Bonchev–Trinajstić information content (AvgIpc) is 3.45. The van der Waals surface area contributed by atoms with Crippen LogP contribution in [0, 0.1) is 6.92 Å². The number of amides is 1. The number of halogens is 1. The molecule has 0 spiro atoms. The number of carbonyl (C=O) groups excluding carboxylic acids is 2. The van der Waals surface area contributed by atoms with Crippen molar-refractivity contribution in [2.45, 2.75) is 19.4 Å². The summed E-state index contributed by atoms with van der Waals surface area (Å²) < 4.78 is 16.2. The SMILES string of the molecule is COCCCN1C(=O)C(O)=C(C(=O)c2cc3cc(Cl)cc(OC)c3o2)C1c1sccc1C. The third-order valence-electron chi connectivity index (χ3n) is 5.44. The van der Waals surface area contributed by atoms with Crippen LogP contribution in [-0.2, 0) is 9.53 Å². The predicted octanol–water partition coefficient (Wildman–Crippen LogP) is 5.08. The molecule has 7 nitrogen and oxygen atoms in total. The summed E-state index contributed by atoms with van der Waals surface area (Å²) in [5.74, 6) is -1.32. The van der Waals surface area contributed by atoms with Crippen LogP contribution >= 0.6 is 22.9 Å². The molecule has 0 fully saturated rings. The van der Waals surface area contributed by atoms with Crippen molar-refractivity contribution in [3.8, 4) is 5.75 Å². The zero-order chi connectivity index (χ0) is 23.0. The van der Waals surface area contributed by atoms with Crippen molar-refractivity contribution in [1.29, 1.82) is 0 Å². The summed E-state index contributed by atoms with van der Waals surface area (Å²) in [5.41, 5.74) is 1.30. The van der Waals surface area contributed by atoms with Crippen LogP contribution < -0.4 is 4.74 Å². The summed E-state index contributed by atoms with van der Waals surface area (Å²) in [5, 5.41) is 13.7. The van der Waals surface area contributed by atoms with Gasteiger partial charge in [-0.1, -0.05) is 11.6 Å². The van der Waals surface area contributed by atoms with Crippen LogP contribution in [0.5, 0.6) is 5.75 Å². The number of nitrogens with zero attached hydrogens (tertiary/aromatic N) is 1. The molecular formula is C23H22ClNO6S. The maximum Gasteiger partial charge on any atom is 0.290 e. The number of aliphatic hydroxyl groups excluding tert-OH is 1. The number of ether oxygens (including phenoxy) is 2. The van der Waals surface area contributed by atoms with Gasteiger partial charge in [0.15, 0.2) is 22.9 Å². The van der Waals surface area contributed by atoms with Crippen LogP contribution in [-0.4, -0.2) is 49.1 Å². The van der Waals surface area contributed by atoms with Crippen molar-refractivity contribution in [3.63, 3.8) is 0 Å². The Balaban J connectivity index is 1.79. The third kappa shape index (κ3) is 3.79. The monoisotopic (exact) mass is 475 g/mol. The molecule has 1 aliphatic rings. The molecule has 1 atom stereocenters. The van der Waals surface area contributed by atoms with Crippen molar-refractivity contribution in [2.75, 3.05) is 27.4 Å². The summed E-state index contributed by atoms with van der Waals surface area (Å²) in [6, 6.07) is 6.01. The van der Waals surface area contributed by atoms with Gasteiger partial charge >= 0.3 is 0 Å². The molecule has 32 heavy (non-hydrogen) atoms. The number of Topliss-reactive ketones (excluding diaryl/α,β-unsaturated/α-hetero) is 1. The van der Waals surface area contributed by atoms with Crippen LogP contribution in [0.2, 0.25) is 5.02 Å². The van der Waals surface area contributed by atoms with Crippen molar-refractivity contribution in [3.05, 3.63) is 62.2 Å². The molecule has 1 aliphatic heterocycles. The quantitative estimate of drug-likeness (QED) is 0.361. The number of aliphatic hydroxyl groups is 1. The van der Waals surface area contributed by atoms with E-state index in [1.807, 2.05) is 18.4 Å². The molecule has 2 aromatic heterocycles. The fourth-order valence-electron chi connectivity index (χ4n) is 3.91. The number of hydrogen-bond donors (Lipinski definition) is 1. The minimum atomic E-state index is -0.703. The number of rotatable bonds is 8. The van der Waals surface area contributed by atoms with E-state index in [2.05, 4.69) is 0 Å². The number of benzene rings is 1. The van der Waals surface area contributed by atoms with E-state index in [1.165, 1.54) is 23.3 Å². The molecule has 1 N–H and O–H groups in total. The molecule has 3 heterocycles. The van der Waals surface area contributed by atoms with Crippen LogP contribution in [0.25, 0.3) is 11.0 Å². The summed E-state index contributed by atoms with van der Waals surface area (Å²) in [4.78, 5) is 28.8. The predicted molar refractivity (Wildman–Crippen MR) is 122 cm³/mol. The van der Waals surface area contributed by atoms with Crippen LogP contribution in [0.3, 0.4) is 0 Å². The highest BCUT2D eigenvalue weighted by molar-refractivity contribution is 7.10. The van der Waals surface area contributed by atoms with E-state index in [4.69, 9.17) is 25.5 Å². The number of aryl methyl sites for hydroxylation is 1. The van der Waals surface area contributed by atoms with Gasteiger partial charge in [-0.05, 0) is 42.5 Å². The highest BCUT2D eigenvalue weighted by Crippen LogP contribution is 2.43. The van der Waals surface area contributed by atoms with Crippen LogP contribution in [0.15, 0.2) is 45.4 Å². The lowest BCUT2D eigenvalue weighted by molar-refractivity contribution is -0.129. The first-order valence-corrected chi connectivity index (χ1v) is 11.2. The Bertz CT molecular complexity index is 1230. The van der Waals surface area contributed by atoms with Gasteiger partial charge in [0.1, 0.15) is 0 Å². The van der Waals surface area contributed by atoms with E-state index in [0.29, 0.717) is 41.3 Å². The maximum atomic E-state index is 13.6. The number of hydrogen-bond acceptors (Lipinski definition) is 7. The lowest BCUT2D eigenvalue weighted by Gasteiger charge is -2.26. The van der Waals surface area contributed by atoms with E-state index in [0.717, 1.165) is 10.4 Å². The van der Waals surface area contributed by atoms with Gasteiger partial charge in [0, 0.05) is 41.6 Å². The van der Waals surface area contributed by atoms with Crippen LogP contribution in [0.4, 0.5) is 0 Å². The van der Waals surface area contributed by atoms with Gasteiger partial charge in [-0.2, -0.15) is 0 Å². The average molecular weight is 476 g/mol. The zero-order valence-corrected chi connectivity index (χ0v) is 19.4. The molecule has 9 heteroatoms. The minimum Gasteiger partial charge on any atom is -0.503 e. The largest absolute Gasteiger partial charge is 0.503 e. The topological polar surface area (TPSA) is 89.2 Å². The summed E-state index contributed by atoms with van der Waals surface area (Å²) in [7, 11) is 3.06. The Labute approximate surface area is 193 Å². The molecule has 0 radical (unpaired) electrons. The van der Waals surface area contributed by atoms with Gasteiger partial charge in [-0.25, -0.2) is 0 Å². The fraction of sp³-hybridized carbons (Fsp3) is 0.304. The molecule has 0 aliphatic carbocycles. The molecule has 3 aromatic rings. The van der Waals surface area contributed by atoms with Gasteiger partial charge < -0.3 is 23.9 Å². The minimum absolute atomic E-state index is 0.00193. The van der Waals surface area contributed by atoms with E-state index in [-0.39, 0.29) is 11.3 Å². The molecule has 0 bridgehead atoms. The van der Waals surface area contributed by atoms with Gasteiger partial charge in [-0.15, -0.1) is 11.3 Å². The molecule has 1 amide bonds. The number of ketones is 1. The van der Waals surface area contributed by atoms with Gasteiger partial charge in [0.25, 0.3) is 5.91 Å². The number of furan rings is 1. The Morgan fingerprint density at radius 2 is 2.09 bits per heavy atom. The normalized spacial score (nSPS) is 16.4. The number of thiophene rings is 1. The first kappa shape index (κ1) is 22.4. The fourth-order valence-corrected chi connectivity index (χ4v) is 5.18. The third-order valence-corrected chi connectivity index (χ3v) is 6.73. The highest BCUT2D eigenvalue weighted by atomic mass is 35.5. The smallest absolute Gasteiger partial charge is 0.290 e. The van der Waals surface area contributed by atoms with Gasteiger partial charge in [0.2, 0.25) is 5.78 Å². The first-order valence-electron chi connectivity index (χ1n) is 9.96. The van der Waals surface area contributed by atoms with Crippen molar-refractivity contribution >= 4 is 45.6 Å². The zero-order valence-electron chi connectivity index (χ0n) is 17.8. The van der Waals surface area contributed by atoms with E-state index >= 15 is 0 Å². The summed E-state index contributed by atoms with van der Waals surface area (Å²) in [6.07, 6.45) is 0.568. The van der Waals surface area contributed by atoms with Gasteiger partial charge in [0.05, 0.1) is 18.7 Å². The second kappa shape index (κ2) is 8.97. The number of carbonyl (C=O) groups is 2. The van der Waals surface area contributed by atoms with Crippen molar-refractivity contribution < 1.29 is 28.6 Å². The Morgan fingerprint density at radius 3 is 2.75 bits per heavy atom. The Hall–Kier alpha value is -2.81. The molecule has 1 aromatic carbocycles. The maximum absolute atomic E-state index is 13.6. The number of methoxy groups -OCH3 is 2. The summed E-state index contributed by atoms with van der Waals surface area (Å²) in [6.45, 7) is 2.70. The van der Waals surface area contributed by atoms with Crippen molar-refractivity contribution in [1.82, 2.24) is 4.90 Å². The molecule has 1 unspecified atom stereocenters. The molecule has 4 rings (SSSR count). The Kier molecular flexibility index (Phi) is 6.28. The van der Waals surface area contributed by atoms with Gasteiger partial charge in [-0.3, -0.25) is 9.59 Å².